The molecule has 6 heteroatoms. The number of amides is 1. The van der Waals surface area contributed by atoms with E-state index >= 15 is 0 Å². The lowest BCUT2D eigenvalue weighted by Crippen LogP contribution is -2.35. The van der Waals surface area contributed by atoms with Gasteiger partial charge in [0.15, 0.2) is 0 Å². The van der Waals surface area contributed by atoms with Crippen LogP contribution in [0.2, 0.25) is 0 Å². The maximum absolute atomic E-state index is 12.4. The standard InChI is InChI=1S/C15H20N2O3S/c18-15-5-1-2-12-17(15)13-6-8-14(9-7-13)21(19,20)16-10-3-4-11-16/h6-9H,1-5,10-12H2. The molecule has 2 heterocycles. The molecule has 1 aromatic rings. The Morgan fingerprint density at radius 1 is 0.857 bits per heavy atom. The summed E-state index contributed by atoms with van der Waals surface area (Å²) in [5.74, 6) is 0.122. The van der Waals surface area contributed by atoms with Crippen LogP contribution in [0.15, 0.2) is 29.2 Å². The molecule has 0 saturated carbocycles. The van der Waals surface area contributed by atoms with Gasteiger partial charge in [-0.2, -0.15) is 4.31 Å². The van der Waals surface area contributed by atoms with Crippen LogP contribution in [0.25, 0.3) is 0 Å². The van der Waals surface area contributed by atoms with Crippen LogP contribution in [-0.2, 0) is 14.8 Å². The van der Waals surface area contributed by atoms with E-state index in [1.54, 1.807) is 29.2 Å². The third-order valence-corrected chi connectivity index (χ3v) is 6.09. The van der Waals surface area contributed by atoms with E-state index in [9.17, 15) is 13.2 Å². The normalized spacial score (nSPS) is 21.0. The van der Waals surface area contributed by atoms with Crippen LogP contribution >= 0.6 is 0 Å². The lowest BCUT2D eigenvalue weighted by atomic mass is 10.1. The zero-order valence-corrected chi connectivity index (χ0v) is 12.8. The Morgan fingerprint density at radius 2 is 1.48 bits per heavy atom. The van der Waals surface area contributed by atoms with Gasteiger partial charge in [-0.05, 0) is 49.9 Å². The molecular formula is C15H20N2O3S. The molecule has 0 spiro atoms. The van der Waals surface area contributed by atoms with Crippen molar-refractivity contribution in [3.05, 3.63) is 24.3 Å². The molecule has 2 saturated heterocycles. The van der Waals surface area contributed by atoms with Crippen molar-refractivity contribution in [3.8, 4) is 0 Å². The molecule has 1 aromatic carbocycles. The highest BCUT2D eigenvalue weighted by Crippen LogP contribution is 2.25. The summed E-state index contributed by atoms with van der Waals surface area (Å²) in [4.78, 5) is 13.9. The number of nitrogens with zero attached hydrogens (tertiary/aromatic N) is 2. The van der Waals surface area contributed by atoms with Gasteiger partial charge in [0.1, 0.15) is 0 Å². The number of hydrogen-bond acceptors (Lipinski definition) is 3. The van der Waals surface area contributed by atoms with Crippen LogP contribution < -0.4 is 4.90 Å². The highest BCUT2D eigenvalue weighted by Gasteiger charge is 2.27. The number of rotatable bonds is 3. The molecule has 0 aromatic heterocycles. The second-order valence-electron chi connectivity index (χ2n) is 5.61. The van der Waals surface area contributed by atoms with Crippen molar-refractivity contribution in [3.63, 3.8) is 0 Å². The van der Waals surface area contributed by atoms with E-state index in [4.69, 9.17) is 0 Å². The third-order valence-electron chi connectivity index (χ3n) is 4.17. The van der Waals surface area contributed by atoms with E-state index in [0.717, 1.165) is 37.9 Å². The number of anilines is 1. The SMILES string of the molecule is O=C1CCCCN1c1ccc(S(=O)(=O)N2CCCC2)cc1. The first-order valence-electron chi connectivity index (χ1n) is 7.49. The predicted molar refractivity (Wildman–Crippen MR) is 80.6 cm³/mol. The van der Waals surface area contributed by atoms with Gasteiger partial charge in [0.25, 0.3) is 0 Å². The number of benzene rings is 1. The zero-order chi connectivity index (χ0) is 14.9. The van der Waals surface area contributed by atoms with Crippen molar-refractivity contribution in [2.24, 2.45) is 0 Å². The molecule has 21 heavy (non-hydrogen) atoms. The van der Waals surface area contributed by atoms with Crippen molar-refractivity contribution in [2.45, 2.75) is 37.0 Å². The first kappa shape index (κ1) is 14.5. The number of sulfonamides is 1. The maximum atomic E-state index is 12.4. The van der Waals surface area contributed by atoms with Gasteiger partial charge >= 0.3 is 0 Å². The number of carbonyl (C=O) groups excluding carboxylic acids is 1. The lowest BCUT2D eigenvalue weighted by Gasteiger charge is -2.27. The third kappa shape index (κ3) is 2.82. The Morgan fingerprint density at radius 3 is 2.10 bits per heavy atom. The van der Waals surface area contributed by atoms with Crippen molar-refractivity contribution in [2.75, 3.05) is 24.5 Å². The van der Waals surface area contributed by atoms with Crippen molar-refractivity contribution >= 4 is 21.6 Å². The van der Waals surface area contributed by atoms with Crippen LogP contribution in [0.1, 0.15) is 32.1 Å². The summed E-state index contributed by atoms with van der Waals surface area (Å²) in [7, 11) is -3.37. The van der Waals surface area contributed by atoms with Gasteiger partial charge in [-0.15, -0.1) is 0 Å². The van der Waals surface area contributed by atoms with Gasteiger partial charge in [-0.25, -0.2) is 8.42 Å². The first-order chi connectivity index (χ1) is 10.1. The molecule has 0 aliphatic carbocycles. The van der Waals surface area contributed by atoms with E-state index in [0.29, 0.717) is 24.4 Å². The average Bonchev–Trinajstić information content (AvgIpc) is 3.03. The molecule has 2 aliphatic rings. The summed E-state index contributed by atoms with van der Waals surface area (Å²) in [5.41, 5.74) is 0.792. The van der Waals surface area contributed by atoms with E-state index in [1.165, 1.54) is 4.31 Å². The van der Waals surface area contributed by atoms with Crippen LogP contribution in [0.4, 0.5) is 5.69 Å². The summed E-state index contributed by atoms with van der Waals surface area (Å²) in [6.45, 7) is 1.93. The molecule has 5 nitrogen and oxygen atoms in total. The minimum absolute atomic E-state index is 0.122. The molecule has 3 rings (SSSR count). The summed E-state index contributed by atoms with van der Waals surface area (Å²) in [6.07, 6.45) is 4.38. The first-order valence-corrected chi connectivity index (χ1v) is 8.94. The average molecular weight is 308 g/mol. The lowest BCUT2D eigenvalue weighted by molar-refractivity contribution is -0.119. The van der Waals surface area contributed by atoms with Crippen molar-refractivity contribution < 1.29 is 13.2 Å². The van der Waals surface area contributed by atoms with E-state index < -0.39 is 10.0 Å². The van der Waals surface area contributed by atoms with Crippen LogP contribution in [0.3, 0.4) is 0 Å². The molecular weight excluding hydrogens is 288 g/mol. The molecule has 114 valence electrons. The largest absolute Gasteiger partial charge is 0.312 e. The molecule has 0 N–H and O–H groups in total. The van der Waals surface area contributed by atoms with Crippen LogP contribution in [0.5, 0.6) is 0 Å². The Hall–Kier alpha value is -1.40. The van der Waals surface area contributed by atoms with Crippen molar-refractivity contribution in [1.29, 1.82) is 0 Å². The number of carbonyl (C=O) groups is 1. The second kappa shape index (κ2) is 5.77. The van der Waals surface area contributed by atoms with Crippen molar-refractivity contribution in [1.82, 2.24) is 4.31 Å². The molecule has 2 fully saturated rings. The Balaban J connectivity index is 1.82. The summed E-state index contributed by atoms with van der Waals surface area (Å²) in [6, 6.07) is 6.72. The molecule has 1 amide bonds. The maximum Gasteiger partial charge on any atom is 0.243 e. The van der Waals surface area contributed by atoms with Crippen LogP contribution in [0, 0.1) is 0 Å². The predicted octanol–water partition coefficient (Wildman–Crippen LogP) is 1.99. The summed E-state index contributed by atoms with van der Waals surface area (Å²) in [5, 5.41) is 0. The highest BCUT2D eigenvalue weighted by molar-refractivity contribution is 7.89. The molecule has 0 radical (unpaired) electrons. The van der Waals surface area contributed by atoms with E-state index in [2.05, 4.69) is 0 Å². The van der Waals surface area contributed by atoms with Gasteiger partial charge in [0.2, 0.25) is 15.9 Å². The fraction of sp³-hybridized carbons (Fsp3) is 0.533. The van der Waals surface area contributed by atoms with Crippen LogP contribution in [-0.4, -0.2) is 38.3 Å². The fourth-order valence-electron chi connectivity index (χ4n) is 2.95. The van der Waals surface area contributed by atoms with Gasteiger partial charge in [0.05, 0.1) is 4.90 Å². The van der Waals surface area contributed by atoms with Gasteiger partial charge in [0, 0.05) is 31.7 Å². The smallest absolute Gasteiger partial charge is 0.243 e. The minimum atomic E-state index is -3.37. The summed E-state index contributed by atoms with van der Waals surface area (Å²) >= 11 is 0. The molecule has 0 bridgehead atoms. The quantitative estimate of drug-likeness (QED) is 0.858. The Labute approximate surface area is 125 Å². The number of piperidine rings is 1. The van der Waals surface area contributed by atoms with Gasteiger partial charge in [-0.1, -0.05) is 0 Å². The Kier molecular flexibility index (Phi) is 3.99. The van der Waals surface area contributed by atoms with Gasteiger partial charge < -0.3 is 4.90 Å². The molecule has 2 aliphatic heterocycles. The molecule has 0 unspecified atom stereocenters. The highest BCUT2D eigenvalue weighted by atomic mass is 32.2. The van der Waals surface area contributed by atoms with E-state index in [1.807, 2.05) is 0 Å². The fourth-order valence-corrected chi connectivity index (χ4v) is 4.47. The minimum Gasteiger partial charge on any atom is -0.312 e. The van der Waals surface area contributed by atoms with E-state index in [-0.39, 0.29) is 5.91 Å². The topological polar surface area (TPSA) is 57.7 Å². The second-order valence-corrected chi connectivity index (χ2v) is 7.55. The monoisotopic (exact) mass is 308 g/mol. The summed E-state index contributed by atoms with van der Waals surface area (Å²) < 4.78 is 26.4. The molecule has 0 atom stereocenters. The Bertz CT molecular complexity index is 619. The van der Waals surface area contributed by atoms with Gasteiger partial charge in [-0.3, -0.25) is 4.79 Å². The zero-order valence-electron chi connectivity index (χ0n) is 12.0. The number of hydrogen-bond donors (Lipinski definition) is 0.